The van der Waals surface area contributed by atoms with E-state index in [1.165, 1.54) is 0 Å². The topological polar surface area (TPSA) is 89.9 Å². The fraction of sp³-hybridized carbons (Fsp3) is 0.857. The fourth-order valence-corrected chi connectivity index (χ4v) is 2.64. The lowest BCUT2D eigenvalue weighted by Crippen LogP contribution is -2.45. The Labute approximate surface area is 120 Å². The van der Waals surface area contributed by atoms with Gasteiger partial charge >= 0.3 is 12.0 Å². The van der Waals surface area contributed by atoms with Crippen LogP contribution in [0.2, 0.25) is 0 Å². The Morgan fingerprint density at radius 2 is 2.10 bits per heavy atom. The van der Waals surface area contributed by atoms with Gasteiger partial charge in [0.05, 0.1) is 5.92 Å². The van der Waals surface area contributed by atoms with Crippen molar-refractivity contribution >= 4 is 12.0 Å². The highest BCUT2D eigenvalue weighted by Gasteiger charge is 2.29. The van der Waals surface area contributed by atoms with Gasteiger partial charge in [-0.15, -0.1) is 0 Å². The van der Waals surface area contributed by atoms with E-state index in [2.05, 4.69) is 5.32 Å². The van der Waals surface area contributed by atoms with Crippen LogP contribution in [0, 0.1) is 11.8 Å². The van der Waals surface area contributed by atoms with Crippen molar-refractivity contribution in [2.45, 2.75) is 45.6 Å². The van der Waals surface area contributed by atoms with Crippen molar-refractivity contribution in [2.75, 3.05) is 19.7 Å². The lowest BCUT2D eigenvalue weighted by atomic mass is 9.96. The molecule has 0 aromatic carbocycles. The van der Waals surface area contributed by atoms with Crippen molar-refractivity contribution in [3.63, 3.8) is 0 Å². The van der Waals surface area contributed by atoms with Gasteiger partial charge < -0.3 is 20.4 Å². The van der Waals surface area contributed by atoms with Crippen LogP contribution in [0.5, 0.6) is 0 Å². The SMILES string of the molecule is CC(C)C(CNC(=O)N1CCCC1CCCO)C(=O)O. The minimum atomic E-state index is -0.876. The Bertz CT molecular complexity index is 333. The normalized spacial score (nSPS) is 20.2. The third-order valence-corrected chi connectivity index (χ3v) is 3.93. The third kappa shape index (κ3) is 4.67. The molecule has 0 radical (unpaired) electrons. The molecule has 6 nitrogen and oxygen atoms in total. The zero-order chi connectivity index (χ0) is 15.1. The second kappa shape index (κ2) is 8.09. The molecule has 0 aliphatic carbocycles. The lowest BCUT2D eigenvalue weighted by molar-refractivity contribution is -0.142. The predicted molar refractivity (Wildman–Crippen MR) is 75.4 cm³/mol. The van der Waals surface area contributed by atoms with Crippen molar-refractivity contribution in [3.8, 4) is 0 Å². The molecule has 2 amide bonds. The maximum absolute atomic E-state index is 12.1. The summed E-state index contributed by atoms with van der Waals surface area (Å²) in [5, 5.41) is 20.7. The van der Waals surface area contributed by atoms with E-state index in [9.17, 15) is 9.59 Å². The quantitative estimate of drug-likeness (QED) is 0.658. The number of aliphatic carboxylic acids is 1. The van der Waals surface area contributed by atoms with Gasteiger partial charge in [-0.05, 0) is 31.6 Å². The summed E-state index contributed by atoms with van der Waals surface area (Å²) in [4.78, 5) is 25.0. The van der Waals surface area contributed by atoms with Crippen molar-refractivity contribution in [3.05, 3.63) is 0 Å². The lowest BCUT2D eigenvalue weighted by Gasteiger charge is -2.26. The molecule has 6 heteroatoms. The Morgan fingerprint density at radius 1 is 1.40 bits per heavy atom. The zero-order valence-electron chi connectivity index (χ0n) is 12.3. The molecule has 2 atom stereocenters. The summed E-state index contributed by atoms with van der Waals surface area (Å²) < 4.78 is 0. The molecule has 0 aromatic heterocycles. The smallest absolute Gasteiger partial charge is 0.317 e. The average molecular weight is 286 g/mol. The Kier molecular flexibility index (Phi) is 6.78. The third-order valence-electron chi connectivity index (χ3n) is 3.93. The first kappa shape index (κ1) is 16.8. The second-order valence-corrected chi connectivity index (χ2v) is 5.73. The van der Waals surface area contributed by atoms with Crippen molar-refractivity contribution in [1.29, 1.82) is 0 Å². The number of nitrogens with zero attached hydrogens (tertiary/aromatic N) is 1. The highest BCUT2D eigenvalue weighted by molar-refractivity contribution is 5.76. The van der Waals surface area contributed by atoms with Crippen LogP contribution in [-0.4, -0.2) is 52.9 Å². The van der Waals surface area contributed by atoms with E-state index >= 15 is 0 Å². The van der Waals surface area contributed by atoms with Crippen LogP contribution in [0.4, 0.5) is 4.79 Å². The van der Waals surface area contributed by atoms with Crippen LogP contribution in [0.1, 0.15) is 39.5 Å². The number of aliphatic hydroxyl groups excluding tert-OH is 1. The largest absolute Gasteiger partial charge is 0.481 e. The number of carbonyl (C=O) groups excluding carboxylic acids is 1. The first-order valence-electron chi connectivity index (χ1n) is 7.35. The molecule has 0 saturated carbocycles. The summed E-state index contributed by atoms with van der Waals surface area (Å²) in [5.41, 5.74) is 0. The van der Waals surface area contributed by atoms with Crippen molar-refractivity contribution in [2.24, 2.45) is 11.8 Å². The highest BCUT2D eigenvalue weighted by atomic mass is 16.4. The number of carboxylic acid groups (broad SMARTS) is 1. The molecule has 1 fully saturated rings. The number of carboxylic acids is 1. The maximum Gasteiger partial charge on any atom is 0.317 e. The van der Waals surface area contributed by atoms with Crippen LogP contribution in [0.25, 0.3) is 0 Å². The summed E-state index contributed by atoms with van der Waals surface area (Å²) in [6.45, 7) is 4.69. The summed E-state index contributed by atoms with van der Waals surface area (Å²) >= 11 is 0. The van der Waals surface area contributed by atoms with Gasteiger partial charge in [-0.1, -0.05) is 13.8 Å². The minimum absolute atomic E-state index is 0.0171. The summed E-state index contributed by atoms with van der Waals surface area (Å²) in [7, 11) is 0. The molecular formula is C14H26N2O4. The van der Waals surface area contributed by atoms with Crippen molar-refractivity contribution in [1.82, 2.24) is 10.2 Å². The molecule has 1 aliphatic heterocycles. The van der Waals surface area contributed by atoms with E-state index in [-0.39, 0.29) is 31.1 Å². The molecule has 0 spiro atoms. The van der Waals surface area contributed by atoms with E-state index < -0.39 is 11.9 Å². The number of nitrogens with one attached hydrogen (secondary N) is 1. The average Bonchev–Trinajstić information content (AvgIpc) is 2.83. The van der Waals surface area contributed by atoms with Crippen LogP contribution >= 0.6 is 0 Å². The summed E-state index contributed by atoms with van der Waals surface area (Å²) in [6, 6.07) is -0.0122. The minimum Gasteiger partial charge on any atom is -0.481 e. The molecule has 0 aromatic rings. The zero-order valence-corrected chi connectivity index (χ0v) is 12.3. The number of carbonyl (C=O) groups is 2. The van der Waals surface area contributed by atoms with Gasteiger partial charge in [0, 0.05) is 25.7 Å². The fourth-order valence-electron chi connectivity index (χ4n) is 2.64. The highest BCUT2D eigenvalue weighted by Crippen LogP contribution is 2.21. The van der Waals surface area contributed by atoms with Gasteiger partial charge in [0.15, 0.2) is 0 Å². The van der Waals surface area contributed by atoms with E-state index in [1.807, 2.05) is 13.8 Å². The predicted octanol–water partition coefficient (Wildman–Crippen LogP) is 1.29. The molecule has 116 valence electrons. The van der Waals surface area contributed by atoms with Gasteiger partial charge in [-0.3, -0.25) is 4.79 Å². The number of aliphatic hydroxyl groups is 1. The van der Waals surface area contributed by atoms with E-state index in [1.54, 1.807) is 4.90 Å². The number of likely N-dealkylation sites (tertiary alicyclic amines) is 1. The second-order valence-electron chi connectivity index (χ2n) is 5.73. The molecule has 0 bridgehead atoms. The number of hydrogen-bond donors (Lipinski definition) is 3. The van der Waals surface area contributed by atoms with Gasteiger partial charge in [-0.2, -0.15) is 0 Å². The molecule has 1 aliphatic rings. The first-order valence-corrected chi connectivity index (χ1v) is 7.35. The van der Waals surface area contributed by atoms with Crippen LogP contribution in [-0.2, 0) is 4.79 Å². The Morgan fingerprint density at radius 3 is 2.65 bits per heavy atom. The molecule has 3 N–H and O–H groups in total. The van der Waals surface area contributed by atoms with Crippen LogP contribution in [0.3, 0.4) is 0 Å². The first-order chi connectivity index (χ1) is 9.47. The van der Waals surface area contributed by atoms with Gasteiger partial charge in [0.1, 0.15) is 0 Å². The number of amides is 2. The molecule has 1 rings (SSSR count). The van der Waals surface area contributed by atoms with Gasteiger partial charge in [0.2, 0.25) is 0 Å². The monoisotopic (exact) mass is 286 g/mol. The van der Waals surface area contributed by atoms with E-state index in [4.69, 9.17) is 10.2 Å². The molecule has 1 heterocycles. The van der Waals surface area contributed by atoms with Crippen LogP contribution in [0.15, 0.2) is 0 Å². The summed E-state index contributed by atoms with van der Waals surface area (Å²) in [5.74, 6) is -1.45. The van der Waals surface area contributed by atoms with E-state index in [0.29, 0.717) is 13.0 Å². The number of urea groups is 1. The van der Waals surface area contributed by atoms with Crippen LogP contribution < -0.4 is 5.32 Å². The summed E-state index contributed by atoms with van der Waals surface area (Å²) in [6.07, 6.45) is 3.42. The Hall–Kier alpha value is -1.30. The molecule has 20 heavy (non-hydrogen) atoms. The van der Waals surface area contributed by atoms with Gasteiger partial charge in [0.25, 0.3) is 0 Å². The van der Waals surface area contributed by atoms with Crippen molar-refractivity contribution < 1.29 is 19.8 Å². The number of hydrogen-bond acceptors (Lipinski definition) is 3. The maximum atomic E-state index is 12.1. The van der Waals surface area contributed by atoms with Gasteiger partial charge in [-0.25, -0.2) is 4.79 Å². The number of rotatable bonds is 7. The molecule has 2 unspecified atom stereocenters. The molecular weight excluding hydrogens is 260 g/mol. The molecule has 1 saturated heterocycles. The Balaban J connectivity index is 2.46. The standard InChI is InChI=1S/C14H26N2O4/c1-10(2)12(13(18)19)9-15-14(20)16-7-3-5-11(16)6-4-8-17/h10-12,17H,3-9H2,1-2H3,(H,15,20)(H,18,19). The van der Waals surface area contributed by atoms with E-state index in [0.717, 1.165) is 19.3 Å².